The summed E-state index contributed by atoms with van der Waals surface area (Å²) in [5.74, 6) is 1.21. The number of ether oxygens (including phenoxy) is 1. The van der Waals surface area contributed by atoms with Crippen LogP contribution in [0.3, 0.4) is 0 Å². The third kappa shape index (κ3) is 11.7. The fourth-order valence-electron chi connectivity index (χ4n) is 5.16. The predicted octanol–water partition coefficient (Wildman–Crippen LogP) is 2.66. The number of nitrogens with one attached hydrogen (secondary N) is 1. The minimum atomic E-state index is -4.34. The SMILES string of the molecule is CCOc1ccc(Nc2ccc(C(=C3C=CC(=[N+](CC)CCS(=O)(=O)[O-])C=C3)c3ccc(N(CC)C[CH-]S(=O)(=O)O)cc3)cc2)cc1.[Na+]. The van der Waals surface area contributed by atoms with Crippen molar-refractivity contribution in [1.29, 1.82) is 0 Å². The smallest absolute Gasteiger partial charge is 0.748 e. The minimum Gasteiger partial charge on any atom is -0.748 e. The fourth-order valence-corrected chi connectivity index (χ4v) is 5.97. The Balaban J connectivity index is 0.00000625. The van der Waals surface area contributed by atoms with Gasteiger partial charge in [0.2, 0.25) is 0 Å². The Hall–Kier alpha value is -3.23. The van der Waals surface area contributed by atoms with Crippen LogP contribution < -0.4 is 44.5 Å². The van der Waals surface area contributed by atoms with Crippen LogP contribution >= 0.6 is 0 Å². The van der Waals surface area contributed by atoms with Crippen LogP contribution in [0, 0.1) is 5.75 Å². The van der Waals surface area contributed by atoms with Crippen molar-refractivity contribution in [3.8, 4) is 5.75 Å². The molecule has 3 aromatic carbocycles. The van der Waals surface area contributed by atoms with E-state index in [1.807, 2.05) is 127 Å². The molecule has 250 valence electrons. The van der Waals surface area contributed by atoms with Gasteiger partial charge in [0.25, 0.3) is 0 Å². The second-order valence-corrected chi connectivity index (χ2v) is 13.6. The van der Waals surface area contributed by atoms with Crippen LogP contribution in [0.1, 0.15) is 31.9 Å². The van der Waals surface area contributed by atoms with E-state index < -0.39 is 26.0 Å². The zero-order valence-electron chi connectivity index (χ0n) is 27.7. The maximum atomic E-state index is 11.3. The Bertz CT molecular complexity index is 1850. The quantitative estimate of drug-likeness (QED) is 0.106. The van der Waals surface area contributed by atoms with Gasteiger partial charge >= 0.3 is 29.6 Å². The number of allylic oxidation sites excluding steroid dienone is 5. The van der Waals surface area contributed by atoms with E-state index in [4.69, 9.17) is 4.74 Å². The van der Waals surface area contributed by atoms with Gasteiger partial charge in [-0.1, -0.05) is 30.8 Å². The van der Waals surface area contributed by atoms with Gasteiger partial charge in [0.05, 0.1) is 12.4 Å². The van der Waals surface area contributed by atoms with Gasteiger partial charge in [-0.25, -0.2) is 21.4 Å². The van der Waals surface area contributed by atoms with Crippen LogP contribution in [0.15, 0.2) is 103 Å². The molecule has 3 aromatic rings. The molecule has 0 heterocycles. The van der Waals surface area contributed by atoms with Gasteiger partial charge in [0.15, 0.2) is 12.3 Å². The number of hydrogen-bond acceptors (Lipinski definition) is 8. The molecule has 0 fully saturated rings. The molecule has 0 spiro atoms. The van der Waals surface area contributed by atoms with Crippen LogP contribution in [-0.2, 0) is 20.2 Å². The Morgan fingerprint density at radius 1 is 0.854 bits per heavy atom. The molecule has 4 rings (SSSR count). The van der Waals surface area contributed by atoms with Gasteiger partial charge in [-0.05, 0) is 104 Å². The maximum absolute atomic E-state index is 11.3. The molecule has 0 unspecified atom stereocenters. The van der Waals surface area contributed by atoms with E-state index in [0.29, 0.717) is 19.7 Å². The molecule has 0 amide bonds. The van der Waals surface area contributed by atoms with Crippen molar-refractivity contribution in [3.05, 3.63) is 120 Å². The first-order chi connectivity index (χ1) is 22.4. The Morgan fingerprint density at radius 3 is 1.88 bits per heavy atom. The van der Waals surface area contributed by atoms with Gasteiger partial charge in [0, 0.05) is 35.8 Å². The first-order valence-electron chi connectivity index (χ1n) is 15.3. The van der Waals surface area contributed by atoms with Gasteiger partial charge in [-0.2, -0.15) is 5.75 Å². The Kier molecular flexibility index (Phi) is 14.7. The summed E-state index contributed by atoms with van der Waals surface area (Å²) in [4.78, 5) is 1.83. The Labute approximate surface area is 306 Å². The molecule has 2 N–H and O–H groups in total. The number of anilines is 3. The summed E-state index contributed by atoms with van der Waals surface area (Å²) in [6, 6.07) is 23.6. The van der Waals surface area contributed by atoms with Crippen LogP contribution in [-0.4, -0.2) is 74.8 Å². The molecule has 1 aliphatic rings. The molecule has 0 aromatic heterocycles. The van der Waals surface area contributed by atoms with Crippen LogP contribution in [0.2, 0.25) is 0 Å². The molecule has 0 saturated carbocycles. The van der Waals surface area contributed by atoms with Crippen molar-refractivity contribution in [2.45, 2.75) is 20.8 Å². The van der Waals surface area contributed by atoms with Crippen LogP contribution in [0.25, 0.3) is 5.57 Å². The van der Waals surface area contributed by atoms with E-state index >= 15 is 0 Å². The van der Waals surface area contributed by atoms with Crippen molar-refractivity contribution < 1.29 is 64.8 Å². The van der Waals surface area contributed by atoms with E-state index in [-0.39, 0.29) is 42.6 Å². The zero-order valence-corrected chi connectivity index (χ0v) is 31.3. The summed E-state index contributed by atoms with van der Waals surface area (Å²) < 4.78 is 72.8. The number of benzene rings is 3. The second-order valence-electron chi connectivity index (χ2n) is 10.7. The van der Waals surface area contributed by atoms with Gasteiger partial charge in [0.1, 0.15) is 32.5 Å². The van der Waals surface area contributed by atoms with Crippen molar-refractivity contribution in [1.82, 2.24) is 0 Å². The number of hydrogen-bond donors (Lipinski definition) is 2. The maximum Gasteiger partial charge on any atom is 1.00 e. The molecule has 10 nitrogen and oxygen atoms in total. The number of nitrogens with zero attached hydrogens (tertiary/aromatic N) is 2. The largest absolute Gasteiger partial charge is 1.00 e. The standard InChI is InChI=1S/C35H40N3O7S2.Na/c1-4-37(23-25-46(39,40)41)32-17-9-28(10-18-32)35(29-11-19-33(20-12-29)38(5-2)24-26-47(42,43)44)27-7-13-30(14-8-27)36-31-15-21-34(22-16-31)45-6-3;/h7-22,25H,4-6,23-24,26H2,1-3H3,(H2,39,40,41,42,43,44);/q-1;+1. The number of rotatable bonds is 15. The summed E-state index contributed by atoms with van der Waals surface area (Å²) in [6.07, 6.45) is 7.77. The molecule has 0 saturated heterocycles. The van der Waals surface area contributed by atoms with Crippen molar-refractivity contribution >= 4 is 48.6 Å². The predicted molar refractivity (Wildman–Crippen MR) is 187 cm³/mol. The molecule has 13 heteroatoms. The Morgan fingerprint density at radius 2 is 1.40 bits per heavy atom. The second kappa shape index (κ2) is 18.0. The van der Waals surface area contributed by atoms with E-state index in [2.05, 4.69) is 5.32 Å². The van der Waals surface area contributed by atoms with Crippen LogP contribution in [0.5, 0.6) is 5.75 Å². The monoisotopic (exact) mass is 701 g/mol. The molecule has 48 heavy (non-hydrogen) atoms. The average Bonchev–Trinajstić information content (AvgIpc) is 3.04. The first-order valence-corrected chi connectivity index (χ1v) is 18.4. The molecule has 0 atom stereocenters. The third-order valence-electron chi connectivity index (χ3n) is 7.55. The minimum absolute atomic E-state index is 0. The summed E-state index contributed by atoms with van der Waals surface area (Å²) >= 11 is 0. The molecular weight excluding hydrogens is 662 g/mol. The topological polar surface area (TPSA) is 139 Å². The van der Waals surface area contributed by atoms with Crippen molar-refractivity contribution in [2.24, 2.45) is 0 Å². The summed E-state index contributed by atoms with van der Waals surface area (Å²) in [7, 11) is -8.55. The van der Waals surface area contributed by atoms with E-state index in [9.17, 15) is 25.9 Å². The van der Waals surface area contributed by atoms with E-state index in [1.54, 1.807) is 0 Å². The van der Waals surface area contributed by atoms with Crippen molar-refractivity contribution in [2.75, 3.05) is 48.8 Å². The van der Waals surface area contributed by atoms with Gasteiger partial charge < -0.3 is 24.1 Å². The first kappa shape index (κ1) is 39.2. The van der Waals surface area contributed by atoms with Crippen molar-refractivity contribution in [3.63, 3.8) is 0 Å². The molecule has 0 radical (unpaired) electrons. The molecule has 1 aliphatic carbocycles. The summed E-state index contributed by atoms with van der Waals surface area (Å²) in [6.45, 7) is 7.57. The normalized spacial score (nSPS) is 12.8. The zero-order chi connectivity index (χ0) is 34.0. The molecule has 0 aliphatic heterocycles. The fraction of sp³-hybridized carbons (Fsp3) is 0.257. The van der Waals surface area contributed by atoms with Crippen LogP contribution in [0.4, 0.5) is 17.1 Å². The summed E-state index contributed by atoms with van der Waals surface area (Å²) in [5, 5.41) is 3.41. The summed E-state index contributed by atoms with van der Waals surface area (Å²) in [5.41, 5.74) is 7.19. The molecule has 0 bridgehead atoms. The van der Waals surface area contributed by atoms with Gasteiger partial charge in [-0.15, -0.1) is 0 Å². The van der Waals surface area contributed by atoms with E-state index in [0.717, 1.165) is 56.5 Å². The molecular formula is C35H40N3NaO7S2. The average molecular weight is 702 g/mol. The van der Waals surface area contributed by atoms with Gasteiger partial charge in [-0.3, -0.25) is 0 Å². The van der Waals surface area contributed by atoms with E-state index in [1.165, 1.54) is 0 Å². The third-order valence-corrected chi connectivity index (χ3v) is 8.80.